The lowest BCUT2D eigenvalue weighted by molar-refractivity contribution is 0.404. The third-order valence-corrected chi connectivity index (χ3v) is 2.43. The first kappa shape index (κ1) is 11.9. The van der Waals surface area contributed by atoms with Crippen LogP contribution in [-0.4, -0.2) is 7.11 Å². The standard InChI is InChI=1S/C12H14ClNO/c1-3-4-5-11(14)10-8-9(13)6-7-12(10)15-2/h1,6-8,11H,4-5,14H2,2H3. The molecule has 0 heterocycles. The van der Waals surface area contributed by atoms with Crippen LogP contribution in [0.1, 0.15) is 24.4 Å². The summed E-state index contributed by atoms with van der Waals surface area (Å²) in [5, 5.41) is 0.655. The highest BCUT2D eigenvalue weighted by Crippen LogP contribution is 2.29. The van der Waals surface area contributed by atoms with Crippen LogP contribution < -0.4 is 10.5 Å². The second kappa shape index (κ2) is 5.65. The fraction of sp³-hybridized carbons (Fsp3) is 0.333. The molecular weight excluding hydrogens is 210 g/mol. The lowest BCUT2D eigenvalue weighted by atomic mass is 10.0. The van der Waals surface area contributed by atoms with Crippen molar-refractivity contribution in [3.63, 3.8) is 0 Å². The Hall–Kier alpha value is -1.17. The van der Waals surface area contributed by atoms with Gasteiger partial charge < -0.3 is 10.5 Å². The molecule has 0 aliphatic heterocycles. The van der Waals surface area contributed by atoms with Crippen LogP contribution in [0.2, 0.25) is 5.02 Å². The minimum Gasteiger partial charge on any atom is -0.496 e. The zero-order valence-corrected chi connectivity index (χ0v) is 9.42. The lowest BCUT2D eigenvalue weighted by Gasteiger charge is -2.14. The largest absolute Gasteiger partial charge is 0.496 e. The van der Waals surface area contributed by atoms with Crippen molar-refractivity contribution in [2.45, 2.75) is 18.9 Å². The number of nitrogens with two attached hydrogens (primary N) is 1. The number of ether oxygens (including phenoxy) is 1. The van der Waals surface area contributed by atoms with Gasteiger partial charge >= 0.3 is 0 Å². The molecular formula is C12H14ClNO. The normalized spacial score (nSPS) is 11.9. The molecule has 80 valence electrons. The molecule has 2 nitrogen and oxygen atoms in total. The van der Waals surface area contributed by atoms with Crippen LogP contribution in [-0.2, 0) is 0 Å². The molecule has 0 bridgehead atoms. The molecule has 0 aromatic heterocycles. The maximum absolute atomic E-state index is 5.99. The van der Waals surface area contributed by atoms with Gasteiger partial charge in [-0.05, 0) is 24.6 Å². The summed E-state index contributed by atoms with van der Waals surface area (Å²) in [6.45, 7) is 0. The molecule has 1 aromatic carbocycles. The van der Waals surface area contributed by atoms with Crippen LogP contribution >= 0.6 is 11.6 Å². The van der Waals surface area contributed by atoms with Gasteiger partial charge in [0.15, 0.2) is 0 Å². The number of terminal acetylenes is 1. The van der Waals surface area contributed by atoms with Crippen LogP contribution in [0.25, 0.3) is 0 Å². The van der Waals surface area contributed by atoms with E-state index in [1.54, 1.807) is 13.2 Å². The second-order valence-electron chi connectivity index (χ2n) is 3.24. The second-order valence-corrected chi connectivity index (χ2v) is 3.67. The Balaban J connectivity index is 2.90. The van der Waals surface area contributed by atoms with Gasteiger partial charge in [0.2, 0.25) is 0 Å². The van der Waals surface area contributed by atoms with Crippen LogP contribution in [0, 0.1) is 12.3 Å². The Morgan fingerprint density at radius 3 is 2.93 bits per heavy atom. The average molecular weight is 224 g/mol. The number of halogens is 1. The first-order valence-corrected chi connectivity index (χ1v) is 5.09. The van der Waals surface area contributed by atoms with Gasteiger partial charge in [-0.1, -0.05) is 11.6 Å². The Morgan fingerprint density at radius 1 is 1.60 bits per heavy atom. The highest BCUT2D eigenvalue weighted by molar-refractivity contribution is 6.30. The minimum atomic E-state index is -0.130. The van der Waals surface area contributed by atoms with E-state index in [1.807, 2.05) is 12.1 Å². The highest BCUT2D eigenvalue weighted by Gasteiger charge is 2.11. The van der Waals surface area contributed by atoms with Crippen LogP contribution in [0.15, 0.2) is 18.2 Å². The van der Waals surface area contributed by atoms with E-state index in [1.165, 1.54) is 0 Å². The smallest absolute Gasteiger partial charge is 0.123 e. The summed E-state index contributed by atoms with van der Waals surface area (Å²) in [7, 11) is 1.61. The maximum Gasteiger partial charge on any atom is 0.123 e. The molecule has 1 unspecified atom stereocenters. The van der Waals surface area contributed by atoms with Gasteiger partial charge in [0.25, 0.3) is 0 Å². The molecule has 15 heavy (non-hydrogen) atoms. The maximum atomic E-state index is 5.99. The highest BCUT2D eigenvalue weighted by atomic mass is 35.5. The molecule has 0 amide bonds. The first-order valence-electron chi connectivity index (χ1n) is 4.71. The molecule has 0 aliphatic carbocycles. The monoisotopic (exact) mass is 223 g/mol. The molecule has 1 rings (SSSR count). The van der Waals surface area contributed by atoms with Gasteiger partial charge in [-0.3, -0.25) is 0 Å². The SMILES string of the molecule is C#CCCC(N)c1cc(Cl)ccc1OC. The summed E-state index contributed by atoms with van der Waals surface area (Å²) in [5.74, 6) is 3.32. The third-order valence-electron chi connectivity index (χ3n) is 2.19. The molecule has 0 radical (unpaired) electrons. The average Bonchev–Trinajstić information content (AvgIpc) is 2.25. The summed E-state index contributed by atoms with van der Waals surface area (Å²) in [5.41, 5.74) is 6.90. The Bertz CT molecular complexity index is 370. The van der Waals surface area contributed by atoms with Crippen molar-refractivity contribution in [1.29, 1.82) is 0 Å². The predicted molar refractivity (Wildman–Crippen MR) is 63.0 cm³/mol. The lowest BCUT2D eigenvalue weighted by Crippen LogP contribution is -2.11. The van der Waals surface area contributed by atoms with Crippen LogP contribution in [0.3, 0.4) is 0 Å². The topological polar surface area (TPSA) is 35.2 Å². The van der Waals surface area contributed by atoms with Gasteiger partial charge in [-0.25, -0.2) is 0 Å². The minimum absolute atomic E-state index is 0.130. The third kappa shape index (κ3) is 3.16. The van der Waals surface area contributed by atoms with E-state index in [4.69, 9.17) is 28.5 Å². The van der Waals surface area contributed by atoms with Crippen molar-refractivity contribution < 1.29 is 4.74 Å². The summed E-state index contributed by atoms with van der Waals surface area (Å²) in [4.78, 5) is 0. The molecule has 0 aliphatic rings. The zero-order chi connectivity index (χ0) is 11.3. The van der Waals surface area contributed by atoms with Crippen molar-refractivity contribution in [2.24, 2.45) is 5.73 Å². The van der Waals surface area contributed by atoms with Crippen molar-refractivity contribution in [2.75, 3.05) is 7.11 Å². The number of benzene rings is 1. The Kier molecular flexibility index (Phi) is 4.48. The van der Waals surface area contributed by atoms with Gasteiger partial charge in [0.05, 0.1) is 7.11 Å². The molecule has 1 aromatic rings. The molecule has 2 N–H and O–H groups in total. The van der Waals surface area contributed by atoms with Crippen LogP contribution in [0.4, 0.5) is 0 Å². The van der Waals surface area contributed by atoms with Gasteiger partial charge in [-0.15, -0.1) is 12.3 Å². The molecule has 1 atom stereocenters. The van der Waals surface area contributed by atoms with E-state index in [2.05, 4.69) is 5.92 Å². The fourth-order valence-corrected chi connectivity index (χ4v) is 1.57. The first-order chi connectivity index (χ1) is 7.19. The summed E-state index contributed by atoms with van der Waals surface area (Å²) in [6.07, 6.45) is 6.57. The van der Waals surface area contributed by atoms with Crippen molar-refractivity contribution in [3.05, 3.63) is 28.8 Å². The van der Waals surface area contributed by atoms with Crippen molar-refractivity contribution in [1.82, 2.24) is 0 Å². The van der Waals surface area contributed by atoms with E-state index < -0.39 is 0 Å². The van der Waals surface area contributed by atoms with E-state index in [0.29, 0.717) is 11.4 Å². The summed E-state index contributed by atoms with van der Waals surface area (Å²) >= 11 is 5.90. The molecule has 0 spiro atoms. The van der Waals surface area contributed by atoms with Gasteiger partial charge in [-0.2, -0.15) is 0 Å². The number of hydrogen-bond donors (Lipinski definition) is 1. The Labute approximate surface area is 95.4 Å². The zero-order valence-electron chi connectivity index (χ0n) is 8.66. The van der Waals surface area contributed by atoms with E-state index in [-0.39, 0.29) is 6.04 Å². The van der Waals surface area contributed by atoms with Crippen molar-refractivity contribution >= 4 is 11.6 Å². The van der Waals surface area contributed by atoms with Gasteiger partial charge in [0, 0.05) is 23.0 Å². The number of rotatable bonds is 4. The van der Waals surface area contributed by atoms with E-state index in [0.717, 1.165) is 17.7 Å². The summed E-state index contributed by atoms with van der Waals surface area (Å²) in [6, 6.07) is 5.28. The molecule has 0 saturated carbocycles. The summed E-state index contributed by atoms with van der Waals surface area (Å²) < 4.78 is 5.21. The van der Waals surface area contributed by atoms with Crippen LogP contribution in [0.5, 0.6) is 5.75 Å². The van der Waals surface area contributed by atoms with E-state index in [9.17, 15) is 0 Å². The van der Waals surface area contributed by atoms with E-state index >= 15 is 0 Å². The number of methoxy groups -OCH3 is 1. The predicted octanol–water partition coefficient (Wildman–Crippen LogP) is 2.76. The number of hydrogen-bond acceptors (Lipinski definition) is 2. The molecule has 3 heteroatoms. The fourth-order valence-electron chi connectivity index (χ4n) is 1.39. The quantitative estimate of drug-likeness (QED) is 0.797. The molecule has 0 fully saturated rings. The Morgan fingerprint density at radius 2 is 2.33 bits per heavy atom. The van der Waals surface area contributed by atoms with Crippen molar-refractivity contribution in [3.8, 4) is 18.1 Å². The van der Waals surface area contributed by atoms with Gasteiger partial charge in [0.1, 0.15) is 5.75 Å². The molecule has 0 saturated heterocycles.